The summed E-state index contributed by atoms with van der Waals surface area (Å²) in [6, 6.07) is 14.3. The second kappa shape index (κ2) is 17.2. The summed E-state index contributed by atoms with van der Waals surface area (Å²) in [5.41, 5.74) is 5.55. The highest BCUT2D eigenvalue weighted by atomic mass is 16.7. The van der Waals surface area contributed by atoms with Gasteiger partial charge in [-0.1, -0.05) is 76.2 Å². The fourth-order valence-electron chi connectivity index (χ4n) is 8.29. The van der Waals surface area contributed by atoms with Gasteiger partial charge < -0.3 is 39.5 Å². The van der Waals surface area contributed by atoms with Crippen LogP contribution in [0.15, 0.2) is 60.9 Å². The van der Waals surface area contributed by atoms with Crippen molar-refractivity contribution in [1.29, 1.82) is 0 Å². The van der Waals surface area contributed by atoms with Crippen molar-refractivity contribution in [2.75, 3.05) is 39.4 Å². The smallest absolute Gasteiger partial charge is 0.317 e. The molecule has 3 aliphatic heterocycles. The molecule has 3 saturated heterocycles. The first-order chi connectivity index (χ1) is 27.8. The van der Waals surface area contributed by atoms with Crippen molar-refractivity contribution < 1.29 is 38.9 Å². The number of likely N-dealkylation sites (tertiary alicyclic amines) is 2. The van der Waals surface area contributed by atoms with Crippen LogP contribution in [0.2, 0.25) is 0 Å². The molecule has 7 rings (SSSR count). The number of ether oxygens (including phenoxy) is 2. The van der Waals surface area contributed by atoms with Crippen LogP contribution < -0.4 is 10.6 Å². The van der Waals surface area contributed by atoms with Gasteiger partial charge in [-0.3, -0.25) is 29.8 Å². The monoisotopic (exact) mass is 796 g/mol. The van der Waals surface area contributed by atoms with E-state index in [4.69, 9.17) is 19.6 Å². The SMILES string of the molecule is CC(C)[C@H](NCC(=O)O)C(=O)N1CCCC1c1ncc(-c2ccc(-c3ccc(-c4cnc(C5CC6(CN5C(=O)[C@@H](NCC(=O)O)C(C)C)OCCO6)[nH]4)cc3)cc2)[nH]1. The highest BCUT2D eigenvalue weighted by Crippen LogP contribution is 2.43. The number of carboxylic acids is 2. The van der Waals surface area contributed by atoms with E-state index in [9.17, 15) is 24.3 Å². The molecule has 2 unspecified atom stereocenters. The fraction of sp³-hybridized carbons (Fsp3) is 0.476. The molecule has 0 bridgehead atoms. The second-order valence-corrected chi connectivity index (χ2v) is 16.0. The molecule has 4 atom stereocenters. The van der Waals surface area contributed by atoms with Crippen molar-refractivity contribution in [2.24, 2.45) is 11.8 Å². The molecule has 5 heterocycles. The van der Waals surface area contributed by atoms with Crippen LogP contribution in [0, 0.1) is 11.8 Å². The zero-order valence-corrected chi connectivity index (χ0v) is 33.2. The molecule has 3 aliphatic rings. The van der Waals surface area contributed by atoms with Crippen molar-refractivity contribution in [3.8, 4) is 33.6 Å². The van der Waals surface area contributed by atoms with E-state index in [0.717, 1.165) is 46.5 Å². The molecular weight excluding hydrogens is 745 g/mol. The minimum Gasteiger partial charge on any atom is -0.480 e. The number of amides is 2. The number of nitrogens with one attached hydrogen (secondary N) is 4. The van der Waals surface area contributed by atoms with Crippen LogP contribution in [0.4, 0.5) is 0 Å². The van der Waals surface area contributed by atoms with Crippen LogP contribution in [0.25, 0.3) is 33.6 Å². The molecule has 2 aromatic heterocycles. The van der Waals surface area contributed by atoms with Gasteiger partial charge in [0.25, 0.3) is 0 Å². The number of carbonyl (C=O) groups is 4. The number of rotatable bonds is 15. The van der Waals surface area contributed by atoms with Gasteiger partial charge in [-0.05, 0) is 46.9 Å². The predicted octanol–water partition coefficient (Wildman–Crippen LogP) is 4.21. The van der Waals surface area contributed by atoms with E-state index in [1.165, 1.54) is 0 Å². The first-order valence-electron chi connectivity index (χ1n) is 19.9. The molecule has 3 fully saturated rings. The van der Waals surface area contributed by atoms with Gasteiger partial charge in [-0.15, -0.1) is 0 Å². The lowest BCUT2D eigenvalue weighted by atomic mass is 10.0. The number of benzene rings is 2. The third-order valence-corrected chi connectivity index (χ3v) is 11.3. The lowest BCUT2D eigenvalue weighted by molar-refractivity contribution is -0.154. The summed E-state index contributed by atoms with van der Waals surface area (Å²) in [6.07, 6.45) is 5.55. The van der Waals surface area contributed by atoms with E-state index < -0.39 is 35.9 Å². The first-order valence-corrected chi connectivity index (χ1v) is 19.9. The predicted molar refractivity (Wildman–Crippen MR) is 213 cm³/mol. The molecule has 4 aromatic rings. The molecule has 1 spiro atoms. The van der Waals surface area contributed by atoms with Gasteiger partial charge in [-0.25, -0.2) is 9.97 Å². The second-order valence-electron chi connectivity index (χ2n) is 16.0. The van der Waals surface area contributed by atoms with E-state index in [1.54, 1.807) is 17.3 Å². The summed E-state index contributed by atoms with van der Waals surface area (Å²) >= 11 is 0. The number of H-pyrrole nitrogens is 2. The van der Waals surface area contributed by atoms with Gasteiger partial charge in [0.1, 0.15) is 11.6 Å². The maximum atomic E-state index is 13.9. The highest BCUT2D eigenvalue weighted by molar-refractivity contribution is 5.84. The summed E-state index contributed by atoms with van der Waals surface area (Å²) in [7, 11) is 0. The Labute approximate surface area is 336 Å². The lowest BCUT2D eigenvalue weighted by Gasteiger charge is -2.30. The summed E-state index contributed by atoms with van der Waals surface area (Å²) in [4.78, 5) is 69.7. The van der Waals surface area contributed by atoms with Crippen molar-refractivity contribution in [2.45, 2.75) is 76.9 Å². The summed E-state index contributed by atoms with van der Waals surface area (Å²) in [6.45, 7) is 8.64. The Balaban J connectivity index is 1.02. The van der Waals surface area contributed by atoms with Gasteiger partial charge in [0.2, 0.25) is 11.8 Å². The largest absolute Gasteiger partial charge is 0.480 e. The number of hydrogen-bond acceptors (Lipinski definition) is 10. The van der Waals surface area contributed by atoms with E-state index in [1.807, 2.05) is 69.0 Å². The molecular formula is C42H52N8O8. The van der Waals surface area contributed by atoms with Crippen molar-refractivity contribution in [1.82, 2.24) is 40.4 Å². The Morgan fingerprint density at radius 1 is 0.724 bits per heavy atom. The number of carboxylic acid groups (broad SMARTS) is 2. The molecule has 0 aliphatic carbocycles. The van der Waals surface area contributed by atoms with Crippen LogP contribution in [0.1, 0.15) is 70.7 Å². The number of aromatic amines is 2. The molecule has 6 N–H and O–H groups in total. The third kappa shape index (κ3) is 8.70. The molecule has 16 heteroatoms. The summed E-state index contributed by atoms with van der Waals surface area (Å²) in [5.74, 6) is -2.22. The van der Waals surface area contributed by atoms with E-state index in [-0.39, 0.29) is 49.3 Å². The maximum absolute atomic E-state index is 13.9. The van der Waals surface area contributed by atoms with E-state index >= 15 is 0 Å². The van der Waals surface area contributed by atoms with Gasteiger partial charge >= 0.3 is 11.9 Å². The molecule has 2 amide bonds. The van der Waals surface area contributed by atoms with Crippen molar-refractivity contribution >= 4 is 23.8 Å². The van der Waals surface area contributed by atoms with Crippen molar-refractivity contribution in [3.63, 3.8) is 0 Å². The van der Waals surface area contributed by atoms with Crippen LogP contribution >= 0.6 is 0 Å². The minimum atomic E-state index is -1.03. The standard InChI is InChI=1S/C42H52N8O8/c1-24(2)36(43-21-34(51)52)40(55)49-15-5-6-32(49)38-45-19-30(47-38)28-11-7-26(8-12-28)27-9-13-29(14-10-27)31-20-46-39(48-31)33-18-42(57-16-17-58-42)23-50(33)41(56)37(25(3)4)44-22-35(53)54/h7-14,19-20,24-25,32-33,36-37,43-44H,5-6,15-18,21-23H2,1-4H3,(H,45,47)(H,46,48)(H,51,52)(H,53,54)/t32?,33?,36-,37-/m0/s1. The van der Waals surface area contributed by atoms with E-state index in [2.05, 4.69) is 37.7 Å². The quantitative estimate of drug-likeness (QED) is 0.0998. The number of imidazole rings is 2. The molecule has 0 saturated carbocycles. The number of nitrogens with zero attached hydrogens (tertiary/aromatic N) is 4. The Morgan fingerprint density at radius 3 is 1.64 bits per heavy atom. The molecule has 58 heavy (non-hydrogen) atoms. The molecule has 0 radical (unpaired) electrons. The highest BCUT2D eigenvalue weighted by Gasteiger charge is 2.52. The zero-order chi connectivity index (χ0) is 41.1. The summed E-state index contributed by atoms with van der Waals surface area (Å²) < 4.78 is 12.0. The van der Waals surface area contributed by atoms with Crippen LogP contribution in [0.3, 0.4) is 0 Å². The molecule has 308 valence electrons. The number of hydrogen-bond donors (Lipinski definition) is 6. The fourth-order valence-corrected chi connectivity index (χ4v) is 8.29. The Bertz CT molecular complexity index is 2090. The lowest BCUT2D eigenvalue weighted by Crippen LogP contribution is -2.51. The molecule has 16 nitrogen and oxygen atoms in total. The average molecular weight is 797 g/mol. The van der Waals surface area contributed by atoms with Gasteiger partial charge in [0, 0.05) is 13.0 Å². The average Bonchev–Trinajstić information content (AvgIpc) is 4.05. The Hall–Kier alpha value is -5.42. The van der Waals surface area contributed by atoms with Crippen LogP contribution in [0.5, 0.6) is 0 Å². The summed E-state index contributed by atoms with van der Waals surface area (Å²) in [5, 5.41) is 24.2. The van der Waals surface area contributed by atoms with E-state index in [0.29, 0.717) is 37.8 Å². The van der Waals surface area contributed by atoms with Crippen molar-refractivity contribution in [3.05, 3.63) is 72.6 Å². The maximum Gasteiger partial charge on any atom is 0.317 e. The number of aromatic nitrogens is 4. The number of aliphatic carboxylic acids is 2. The zero-order valence-electron chi connectivity index (χ0n) is 33.2. The molecule has 2 aromatic carbocycles. The Kier molecular flexibility index (Phi) is 12.1. The topological polar surface area (TPSA) is 215 Å². The van der Waals surface area contributed by atoms with Gasteiger partial charge in [0.15, 0.2) is 5.79 Å². The normalized spacial score (nSPS) is 20.0. The number of carbonyl (C=O) groups excluding carboxylic acids is 2. The van der Waals surface area contributed by atoms with Gasteiger partial charge in [-0.2, -0.15) is 0 Å². The first kappa shape index (κ1) is 40.8. The van der Waals surface area contributed by atoms with Crippen LogP contribution in [-0.2, 0) is 28.7 Å². The Morgan fingerprint density at radius 2 is 1.17 bits per heavy atom. The van der Waals surface area contributed by atoms with Crippen LogP contribution in [-0.4, -0.2) is 121 Å². The minimum absolute atomic E-state index is 0.0724. The van der Waals surface area contributed by atoms with Gasteiger partial charge in [0.05, 0.1) is 80.8 Å². The third-order valence-electron chi connectivity index (χ3n) is 11.3.